The van der Waals surface area contributed by atoms with Gasteiger partial charge in [0.05, 0.1) is 6.54 Å². The third kappa shape index (κ3) is 1.69. The van der Waals surface area contributed by atoms with Gasteiger partial charge in [-0.05, 0) is 0 Å². The lowest BCUT2D eigenvalue weighted by Gasteiger charge is -2.11. The Hall–Kier alpha value is -1.06. The van der Waals surface area contributed by atoms with E-state index < -0.39 is 5.67 Å². The summed E-state index contributed by atoms with van der Waals surface area (Å²) in [7, 11) is 0. The van der Waals surface area contributed by atoms with Crippen LogP contribution in [0.2, 0.25) is 0 Å². The number of hydrogen-bond acceptors (Lipinski definition) is 2. The van der Waals surface area contributed by atoms with E-state index in [0.717, 1.165) is 0 Å². The SMILES string of the molecule is C#CCN1CCC(F)(C#N)C1. The Morgan fingerprint density at radius 1 is 1.73 bits per heavy atom. The zero-order valence-corrected chi connectivity index (χ0v) is 6.18. The second-order valence-corrected chi connectivity index (χ2v) is 2.74. The molecule has 1 heterocycles. The summed E-state index contributed by atoms with van der Waals surface area (Å²) in [6, 6.07) is 1.65. The van der Waals surface area contributed by atoms with Crippen LogP contribution in [0.15, 0.2) is 0 Å². The summed E-state index contributed by atoms with van der Waals surface area (Å²) in [6.45, 7) is 1.19. The van der Waals surface area contributed by atoms with Gasteiger partial charge in [-0.2, -0.15) is 5.26 Å². The molecule has 11 heavy (non-hydrogen) atoms. The van der Waals surface area contributed by atoms with Crippen molar-refractivity contribution >= 4 is 0 Å². The first kappa shape index (κ1) is 8.04. The Balaban J connectivity index is 2.49. The van der Waals surface area contributed by atoms with Crippen LogP contribution in [0.5, 0.6) is 0 Å². The molecule has 58 valence electrons. The number of nitrogens with zero attached hydrogens (tertiary/aromatic N) is 2. The van der Waals surface area contributed by atoms with Gasteiger partial charge in [-0.3, -0.25) is 4.90 Å². The van der Waals surface area contributed by atoms with Gasteiger partial charge in [0.25, 0.3) is 0 Å². The Morgan fingerprint density at radius 3 is 2.91 bits per heavy atom. The number of alkyl halides is 1. The first-order valence-corrected chi connectivity index (χ1v) is 3.46. The third-order valence-electron chi connectivity index (χ3n) is 1.81. The van der Waals surface area contributed by atoms with Crippen molar-refractivity contribution in [2.45, 2.75) is 12.1 Å². The maximum Gasteiger partial charge on any atom is 0.209 e. The number of likely N-dealkylation sites (tertiary alicyclic amines) is 1. The van der Waals surface area contributed by atoms with Crippen LogP contribution >= 0.6 is 0 Å². The molecule has 0 saturated carbocycles. The lowest BCUT2D eigenvalue weighted by atomic mass is 10.1. The monoisotopic (exact) mass is 152 g/mol. The van der Waals surface area contributed by atoms with Crippen LogP contribution < -0.4 is 0 Å². The highest BCUT2D eigenvalue weighted by molar-refractivity contribution is 5.08. The second-order valence-electron chi connectivity index (χ2n) is 2.74. The zero-order chi connectivity index (χ0) is 8.32. The van der Waals surface area contributed by atoms with Gasteiger partial charge in [-0.25, -0.2) is 4.39 Å². The standard InChI is InChI=1S/C8H9FN2/c1-2-4-11-5-3-8(9,6-10)7-11/h1H,3-5,7H2. The number of halogens is 1. The van der Waals surface area contributed by atoms with Crippen molar-refractivity contribution in [1.82, 2.24) is 4.90 Å². The molecular weight excluding hydrogens is 143 g/mol. The molecule has 1 aliphatic heterocycles. The predicted octanol–water partition coefficient (Wildman–Crippen LogP) is 0.557. The molecule has 0 aromatic rings. The van der Waals surface area contributed by atoms with Crippen molar-refractivity contribution in [3.8, 4) is 18.4 Å². The van der Waals surface area contributed by atoms with Gasteiger partial charge in [0.2, 0.25) is 5.67 Å². The molecule has 1 atom stereocenters. The fourth-order valence-electron chi connectivity index (χ4n) is 1.20. The average Bonchev–Trinajstić information content (AvgIpc) is 2.35. The normalized spacial score (nSPS) is 31.2. The molecule has 0 aliphatic carbocycles. The van der Waals surface area contributed by atoms with Crippen LogP contribution in [0, 0.1) is 23.7 Å². The summed E-state index contributed by atoms with van der Waals surface area (Å²) in [5.74, 6) is 2.42. The van der Waals surface area contributed by atoms with Crippen LogP contribution in [-0.2, 0) is 0 Å². The molecule has 1 unspecified atom stereocenters. The molecule has 1 fully saturated rings. The first-order chi connectivity index (χ1) is 5.20. The average molecular weight is 152 g/mol. The van der Waals surface area contributed by atoms with Crippen LogP contribution in [0.25, 0.3) is 0 Å². The maximum absolute atomic E-state index is 13.1. The number of hydrogen-bond donors (Lipinski definition) is 0. The Bertz CT molecular complexity index is 225. The minimum absolute atomic E-state index is 0.160. The Labute approximate surface area is 65.6 Å². The molecule has 0 radical (unpaired) electrons. The second kappa shape index (κ2) is 2.90. The van der Waals surface area contributed by atoms with Gasteiger partial charge in [0.15, 0.2) is 0 Å². The van der Waals surface area contributed by atoms with Crippen molar-refractivity contribution < 1.29 is 4.39 Å². The highest BCUT2D eigenvalue weighted by Crippen LogP contribution is 2.23. The molecule has 0 amide bonds. The van der Waals surface area contributed by atoms with E-state index in [4.69, 9.17) is 11.7 Å². The molecule has 3 heteroatoms. The van der Waals surface area contributed by atoms with Crippen molar-refractivity contribution in [2.75, 3.05) is 19.6 Å². The predicted molar refractivity (Wildman–Crippen MR) is 39.3 cm³/mol. The summed E-state index contributed by atoms with van der Waals surface area (Å²) in [5.41, 5.74) is -1.66. The van der Waals surface area contributed by atoms with Crippen LogP contribution in [-0.4, -0.2) is 30.2 Å². The number of nitriles is 1. The van der Waals surface area contributed by atoms with E-state index in [-0.39, 0.29) is 13.0 Å². The Morgan fingerprint density at radius 2 is 2.45 bits per heavy atom. The molecule has 1 saturated heterocycles. The van der Waals surface area contributed by atoms with E-state index in [1.54, 1.807) is 11.0 Å². The highest BCUT2D eigenvalue weighted by atomic mass is 19.1. The fourth-order valence-corrected chi connectivity index (χ4v) is 1.20. The quantitative estimate of drug-likeness (QED) is 0.513. The van der Waals surface area contributed by atoms with E-state index in [1.807, 2.05) is 0 Å². The van der Waals surface area contributed by atoms with Crippen molar-refractivity contribution in [2.24, 2.45) is 0 Å². The summed E-state index contributed by atoms with van der Waals surface area (Å²) in [4.78, 5) is 1.77. The van der Waals surface area contributed by atoms with Gasteiger partial charge in [-0.1, -0.05) is 5.92 Å². The summed E-state index contributed by atoms with van der Waals surface area (Å²) in [5, 5.41) is 8.41. The summed E-state index contributed by atoms with van der Waals surface area (Å²) in [6.07, 6.45) is 5.32. The number of rotatable bonds is 1. The molecule has 1 aliphatic rings. The largest absolute Gasteiger partial charge is 0.288 e. The van der Waals surface area contributed by atoms with Gasteiger partial charge in [0.1, 0.15) is 6.07 Å². The topological polar surface area (TPSA) is 27.0 Å². The van der Waals surface area contributed by atoms with Crippen molar-refractivity contribution in [3.05, 3.63) is 0 Å². The van der Waals surface area contributed by atoms with Crippen LogP contribution in [0.3, 0.4) is 0 Å². The summed E-state index contributed by atoms with van der Waals surface area (Å²) < 4.78 is 13.1. The minimum Gasteiger partial charge on any atom is -0.288 e. The minimum atomic E-state index is -1.66. The molecular formula is C8H9FN2. The van der Waals surface area contributed by atoms with Crippen molar-refractivity contribution in [1.29, 1.82) is 5.26 Å². The van der Waals surface area contributed by atoms with E-state index in [9.17, 15) is 4.39 Å². The maximum atomic E-state index is 13.1. The van der Waals surface area contributed by atoms with Gasteiger partial charge >= 0.3 is 0 Å². The lowest BCUT2D eigenvalue weighted by molar-refractivity contribution is 0.237. The zero-order valence-electron chi connectivity index (χ0n) is 6.18. The molecule has 0 N–H and O–H groups in total. The van der Waals surface area contributed by atoms with Gasteiger partial charge in [0, 0.05) is 19.5 Å². The van der Waals surface area contributed by atoms with Crippen molar-refractivity contribution in [3.63, 3.8) is 0 Å². The van der Waals surface area contributed by atoms with Gasteiger partial charge in [-0.15, -0.1) is 6.42 Å². The summed E-state index contributed by atoms with van der Waals surface area (Å²) >= 11 is 0. The van der Waals surface area contributed by atoms with E-state index in [0.29, 0.717) is 13.1 Å². The molecule has 0 bridgehead atoms. The third-order valence-corrected chi connectivity index (χ3v) is 1.81. The highest BCUT2D eigenvalue weighted by Gasteiger charge is 2.37. The van der Waals surface area contributed by atoms with E-state index >= 15 is 0 Å². The molecule has 0 aromatic carbocycles. The van der Waals surface area contributed by atoms with E-state index in [1.165, 1.54) is 0 Å². The molecule has 0 spiro atoms. The fraction of sp³-hybridized carbons (Fsp3) is 0.625. The van der Waals surface area contributed by atoms with Gasteiger partial charge < -0.3 is 0 Å². The van der Waals surface area contributed by atoms with E-state index in [2.05, 4.69) is 5.92 Å². The molecule has 2 nitrogen and oxygen atoms in total. The smallest absolute Gasteiger partial charge is 0.209 e. The first-order valence-electron chi connectivity index (χ1n) is 3.46. The van der Waals surface area contributed by atoms with Crippen LogP contribution in [0.1, 0.15) is 6.42 Å². The lowest BCUT2D eigenvalue weighted by Crippen LogP contribution is -2.27. The molecule has 0 aromatic heterocycles. The van der Waals surface area contributed by atoms with Crippen LogP contribution in [0.4, 0.5) is 4.39 Å². The molecule has 1 rings (SSSR count). The Kier molecular flexibility index (Phi) is 2.12. The number of terminal acetylenes is 1.